The fourth-order valence-corrected chi connectivity index (χ4v) is 0.579. The predicted molar refractivity (Wildman–Crippen MR) is 57.3 cm³/mol. The van der Waals surface area contributed by atoms with Crippen LogP contribution in [0.25, 0.3) is 0 Å². The second kappa shape index (κ2) is 8.90. The molecule has 0 saturated carbocycles. The molecular weight excluding hydrogens is 250 g/mol. The van der Waals surface area contributed by atoms with Gasteiger partial charge in [-0.15, -0.1) is 0 Å². The Kier molecular flexibility index (Phi) is 8.98. The van der Waals surface area contributed by atoms with Gasteiger partial charge in [0.2, 0.25) is 5.91 Å². The highest BCUT2D eigenvalue weighted by molar-refractivity contribution is 5.83. The van der Waals surface area contributed by atoms with Gasteiger partial charge in [0.15, 0.2) is 0 Å². The fourth-order valence-electron chi connectivity index (χ4n) is 0.579. The van der Waals surface area contributed by atoms with Crippen molar-refractivity contribution in [3.05, 3.63) is 0 Å². The van der Waals surface area contributed by atoms with Crippen LogP contribution in [0.2, 0.25) is 0 Å². The molecule has 9 N–H and O–H groups in total. The third kappa shape index (κ3) is 11.9. The first-order valence-electron chi connectivity index (χ1n) is 4.54. The van der Waals surface area contributed by atoms with Gasteiger partial charge in [0.05, 0.1) is 12.8 Å². The Labute approximate surface area is 101 Å². The summed E-state index contributed by atoms with van der Waals surface area (Å²) in [7, 11) is 0. The number of hydrogen-bond donors (Lipinski definition) is 6. The number of rotatable bonds is 6. The Bertz CT molecular complexity index is 299. The van der Waals surface area contributed by atoms with E-state index in [0.717, 1.165) is 0 Å². The quantitative estimate of drug-likeness (QED) is 0.291. The van der Waals surface area contributed by atoms with E-state index < -0.39 is 42.3 Å². The Morgan fingerprint density at radius 2 is 1.17 bits per heavy atom. The number of primary amides is 1. The monoisotopic (exact) mass is 265 g/mol. The van der Waals surface area contributed by atoms with E-state index in [1.54, 1.807) is 0 Å². The maximum absolute atomic E-state index is 9.99. The van der Waals surface area contributed by atoms with Crippen LogP contribution in [-0.2, 0) is 19.2 Å². The lowest BCUT2D eigenvalue weighted by Crippen LogP contribution is -2.34. The molecule has 0 aliphatic heterocycles. The highest BCUT2D eigenvalue weighted by Gasteiger charge is 2.14. The maximum Gasteiger partial charge on any atom is 0.321 e. The van der Waals surface area contributed by atoms with Crippen molar-refractivity contribution in [2.24, 2.45) is 17.2 Å². The topological polar surface area (TPSA) is 207 Å². The molecule has 0 aromatic carbocycles. The zero-order valence-electron chi connectivity index (χ0n) is 9.28. The van der Waals surface area contributed by atoms with E-state index in [9.17, 15) is 19.2 Å². The second-order valence-electron chi connectivity index (χ2n) is 3.16. The van der Waals surface area contributed by atoms with Crippen molar-refractivity contribution in [1.82, 2.24) is 0 Å². The van der Waals surface area contributed by atoms with E-state index in [1.165, 1.54) is 0 Å². The van der Waals surface area contributed by atoms with Crippen LogP contribution in [-0.4, -0.2) is 51.2 Å². The first-order chi connectivity index (χ1) is 8.07. The standard InChI is InChI=1S/C4H8N2O3.C4H7NO4/c2*5-2(4(8)9)1-3(6)7/h2H,1,5H2,(H2,6,7)(H,8,9);2H,1,5H2,(H,6,7)(H,8,9)/t2*2-/m10/s1. The van der Waals surface area contributed by atoms with Crippen LogP contribution < -0.4 is 17.2 Å². The summed E-state index contributed by atoms with van der Waals surface area (Å²) in [6.07, 6.45) is -0.843. The molecule has 10 heteroatoms. The van der Waals surface area contributed by atoms with E-state index in [-0.39, 0.29) is 6.42 Å². The smallest absolute Gasteiger partial charge is 0.321 e. The molecule has 0 unspecified atom stereocenters. The highest BCUT2D eigenvalue weighted by Crippen LogP contribution is 1.86. The molecule has 0 saturated heterocycles. The summed E-state index contributed by atoms with van der Waals surface area (Å²) in [6.45, 7) is 0. The number of carbonyl (C=O) groups is 4. The number of amides is 1. The third-order valence-corrected chi connectivity index (χ3v) is 1.45. The minimum absolute atomic E-state index is 0.310. The van der Waals surface area contributed by atoms with E-state index in [1.807, 2.05) is 0 Å². The molecule has 0 heterocycles. The molecule has 0 aliphatic rings. The molecule has 0 aromatic rings. The van der Waals surface area contributed by atoms with Gasteiger partial charge in [0.25, 0.3) is 0 Å². The maximum atomic E-state index is 9.99. The molecule has 0 aliphatic carbocycles. The summed E-state index contributed by atoms with van der Waals surface area (Å²) in [5, 5.41) is 24.1. The van der Waals surface area contributed by atoms with Crippen molar-refractivity contribution in [3.8, 4) is 0 Å². The summed E-state index contributed by atoms with van der Waals surface area (Å²) >= 11 is 0. The zero-order chi connectivity index (χ0) is 14.9. The molecule has 0 aromatic heterocycles. The highest BCUT2D eigenvalue weighted by atomic mass is 16.4. The van der Waals surface area contributed by atoms with Crippen LogP contribution in [0.1, 0.15) is 12.8 Å². The van der Waals surface area contributed by atoms with Crippen molar-refractivity contribution >= 4 is 23.8 Å². The average Bonchev–Trinajstić information content (AvgIpc) is 2.16. The Hall–Kier alpha value is -2.20. The van der Waals surface area contributed by atoms with Crippen molar-refractivity contribution in [2.75, 3.05) is 0 Å². The first-order valence-corrected chi connectivity index (χ1v) is 4.54. The molecule has 0 radical (unpaired) electrons. The van der Waals surface area contributed by atoms with Crippen molar-refractivity contribution in [2.45, 2.75) is 24.9 Å². The molecule has 2 atom stereocenters. The Morgan fingerprint density at radius 3 is 1.28 bits per heavy atom. The molecule has 0 bridgehead atoms. The Balaban J connectivity index is 0. The average molecular weight is 265 g/mol. The van der Waals surface area contributed by atoms with Gasteiger partial charge in [-0.1, -0.05) is 0 Å². The fraction of sp³-hybridized carbons (Fsp3) is 0.500. The summed E-state index contributed by atoms with van der Waals surface area (Å²) < 4.78 is 0. The molecule has 10 nitrogen and oxygen atoms in total. The Morgan fingerprint density at radius 1 is 0.833 bits per heavy atom. The van der Waals surface area contributed by atoms with Crippen LogP contribution in [0.5, 0.6) is 0 Å². The second-order valence-corrected chi connectivity index (χ2v) is 3.16. The van der Waals surface area contributed by atoms with E-state index in [2.05, 4.69) is 5.73 Å². The first kappa shape index (κ1) is 18.2. The molecule has 0 fully saturated rings. The zero-order valence-corrected chi connectivity index (χ0v) is 9.28. The van der Waals surface area contributed by atoms with Crippen molar-refractivity contribution in [1.29, 1.82) is 0 Å². The molecule has 104 valence electrons. The lowest BCUT2D eigenvalue weighted by Gasteiger charge is -1.99. The van der Waals surface area contributed by atoms with E-state index >= 15 is 0 Å². The number of carboxylic acids is 3. The number of carbonyl (C=O) groups excluding carboxylic acids is 1. The summed E-state index contributed by atoms with van der Waals surface area (Å²) in [4.78, 5) is 39.5. The molecule has 0 spiro atoms. The summed E-state index contributed by atoms with van der Waals surface area (Å²) in [6, 6.07) is -2.45. The van der Waals surface area contributed by atoms with Gasteiger partial charge in [0, 0.05) is 0 Å². The van der Waals surface area contributed by atoms with Gasteiger partial charge in [-0.3, -0.25) is 19.2 Å². The van der Waals surface area contributed by atoms with Crippen LogP contribution in [0, 0.1) is 0 Å². The molecule has 1 amide bonds. The number of hydrogen-bond acceptors (Lipinski definition) is 6. The van der Waals surface area contributed by atoms with Gasteiger partial charge in [-0.25, -0.2) is 0 Å². The lowest BCUT2D eigenvalue weighted by molar-refractivity contribution is -0.144. The van der Waals surface area contributed by atoms with Crippen molar-refractivity contribution in [3.63, 3.8) is 0 Å². The minimum atomic E-state index is -1.29. The van der Waals surface area contributed by atoms with Gasteiger partial charge < -0.3 is 32.5 Å². The number of aliphatic carboxylic acids is 3. The van der Waals surface area contributed by atoms with E-state index in [4.69, 9.17) is 26.8 Å². The molecular formula is C8H15N3O7. The molecule has 0 rings (SSSR count). The SMILES string of the molecule is NC(=O)C[C@@H](N)C(=O)O.N[C@@H](CC(=O)O)C(=O)O. The third-order valence-electron chi connectivity index (χ3n) is 1.45. The largest absolute Gasteiger partial charge is 0.481 e. The van der Waals surface area contributed by atoms with Crippen LogP contribution >= 0.6 is 0 Å². The van der Waals surface area contributed by atoms with Crippen molar-refractivity contribution < 1.29 is 34.5 Å². The number of nitrogens with two attached hydrogens (primary N) is 3. The van der Waals surface area contributed by atoms with Gasteiger partial charge in [-0.05, 0) is 0 Å². The van der Waals surface area contributed by atoms with Crippen LogP contribution in [0.3, 0.4) is 0 Å². The summed E-state index contributed by atoms with van der Waals surface area (Å²) in [5.41, 5.74) is 14.4. The predicted octanol–water partition coefficient (Wildman–Crippen LogP) is -2.85. The van der Waals surface area contributed by atoms with Gasteiger partial charge >= 0.3 is 17.9 Å². The van der Waals surface area contributed by atoms with E-state index in [0.29, 0.717) is 0 Å². The normalized spacial score (nSPS) is 12.6. The van der Waals surface area contributed by atoms with Gasteiger partial charge in [-0.2, -0.15) is 0 Å². The van der Waals surface area contributed by atoms with Crippen LogP contribution in [0.4, 0.5) is 0 Å². The number of carboxylic acid groups (broad SMARTS) is 3. The lowest BCUT2D eigenvalue weighted by atomic mass is 10.2. The minimum Gasteiger partial charge on any atom is -0.481 e. The van der Waals surface area contributed by atoms with Gasteiger partial charge in [0.1, 0.15) is 12.1 Å². The van der Waals surface area contributed by atoms with Crippen LogP contribution in [0.15, 0.2) is 0 Å². The summed E-state index contributed by atoms with van der Waals surface area (Å²) in [5.74, 6) is -4.42. The molecule has 18 heavy (non-hydrogen) atoms.